The third kappa shape index (κ3) is 7.15. The quantitative estimate of drug-likeness (QED) is 0.231. The Bertz CT molecular complexity index is 779. The standard InChI is InChI=1S/C24H38N4O3.HI/c1-17-7-9-20(10-8-17)27-24(25-2)26-12-5-6-23(29)28-13-11-18-14-21(30-3)22(31-4)15-19(18)16-28;/h14-15,17,20H,5-13,16H2,1-4H3,(H2,25,26,27);1H. The Morgan fingerprint density at radius 1 is 1.12 bits per heavy atom. The number of nitrogens with one attached hydrogen (secondary N) is 2. The molecule has 1 saturated carbocycles. The van der Waals surface area contributed by atoms with Gasteiger partial charge in [0.1, 0.15) is 0 Å². The highest BCUT2D eigenvalue weighted by atomic mass is 127. The fourth-order valence-electron chi connectivity index (χ4n) is 4.49. The lowest BCUT2D eigenvalue weighted by Gasteiger charge is -2.30. The molecule has 0 bridgehead atoms. The average Bonchev–Trinajstić information content (AvgIpc) is 2.80. The van der Waals surface area contributed by atoms with Crippen molar-refractivity contribution in [1.82, 2.24) is 15.5 Å². The summed E-state index contributed by atoms with van der Waals surface area (Å²) < 4.78 is 10.8. The molecule has 0 spiro atoms. The smallest absolute Gasteiger partial charge is 0.222 e. The lowest BCUT2D eigenvalue weighted by atomic mass is 9.87. The second-order valence-electron chi connectivity index (χ2n) is 8.74. The number of carbonyl (C=O) groups is 1. The highest BCUT2D eigenvalue weighted by molar-refractivity contribution is 14.0. The number of hydrogen-bond acceptors (Lipinski definition) is 4. The van der Waals surface area contributed by atoms with Gasteiger partial charge < -0.3 is 25.0 Å². The second kappa shape index (κ2) is 13.1. The number of fused-ring (bicyclic) bond motifs is 1. The Kier molecular flexibility index (Phi) is 10.9. The van der Waals surface area contributed by atoms with Gasteiger partial charge in [0.2, 0.25) is 5.91 Å². The average molecular weight is 559 g/mol. The first-order chi connectivity index (χ1) is 15.0. The summed E-state index contributed by atoms with van der Waals surface area (Å²) in [6, 6.07) is 4.54. The molecule has 0 aromatic heterocycles. The van der Waals surface area contributed by atoms with Crippen molar-refractivity contribution in [3.8, 4) is 11.5 Å². The van der Waals surface area contributed by atoms with Crippen LogP contribution in [0.25, 0.3) is 0 Å². The van der Waals surface area contributed by atoms with Crippen molar-refractivity contribution in [2.45, 2.75) is 64.5 Å². The van der Waals surface area contributed by atoms with E-state index in [-0.39, 0.29) is 29.9 Å². The molecule has 2 N–H and O–H groups in total. The molecule has 1 amide bonds. The first-order valence-electron chi connectivity index (χ1n) is 11.5. The summed E-state index contributed by atoms with van der Waals surface area (Å²) in [5.41, 5.74) is 2.37. The van der Waals surface area contributed by atoms with E-state index in [0.29, 0.717) is 24.8 Å². The summed E-state index contributed by atoms with van der Waals surface area (Å²) in [6.45, 7) is 4.45. The Balaban J connectivity index is 0.00000363. The van der Waals surface area contributed by atoms with Gasteiger partial charge in [-0.15, -0.1) is 24.0 Å². The number of ether oxygens (including phenoxy) is 2. The first-order valence-corrected chi connectivity index (χ1v) is 11.5. The maximum absolute atomic E-state index is 12.7. The van der Waals surface area contributed by atoms with E-state index >= 15 is 0 Å². The number of benzene rings is 1. The summed E-state index contributed by atoms with van der Waals surface area (Å²) in [5.74, 6) is 3.35. The Morgan fingerprint density at radius 3 is 2.41 bits per heavy atom. The monoisotopic (exact) mass is 558 g/mol. The molecule has 1 aliphatic carbocycles. The Morgan fingerprint density at radius 2 is 1.78 bits per heavy atom. The zero-order valence-electron chi connectivity index (χ0n) is 19.9. The van der Waals surface area contributed by atoms with Gasteiger partial charge in [-0.3, -0.25) is 9.79 Å². The van der Waals surface area contributed by atoms with E-state index in [1.54, 1.807) is 21.3 Å². The minimum Gasteiger partial charge on any atom is -0.493 e. The number of amides is 1. The molecular formula is C24H39IN4O3. The van der Waals surface area contributed by atoms with Crippen molar-refractivity contribution in [2.24, 2.45) is 10.9 Å². The van der Waals surface area contributed by atoms with Crippen LogP contribution < -0.4 is 20.1 Å². The lowest BCUT2D eigenvalue weighted by molar-refractivity contribution is -0.132. The topological polar surface area (TPSA) is 75.2 Å². The molecule has 2 aliphatic rings. The maximum atomic E-state index is 12.7. The number of methoxy groups -OCH3 is 2. The SMILES string of the molecule is CN=C(NCCCC(=O)N1CCc2cc(OC)c(OC)cc2C1)NC1CCC(C)CC1.I. The number of carbonyl (C=O) groups excluding carboxylic acids is 1. The summed E-state index contributed by atoms with van der Waals surface area (Å²) in [6.07, 6.45) is 7.13. The van der Waals surface area contributed by atoms with Crippen LogP contribution in [-0.2, 0) is 17.8 Å². The molecule has 1 heterocycles. The summed E-state index contributed by atoms with van der Waals surface area (Å²) in [7, 11) is 5.09. The highest BCUT2D eigenvalue weighted by Gasteiger charge is 2.23. The third-order valence-electron chi connectivity index (χ3n) is 6.51. The molecule has 32 heavy (non-hydrogen) atoms. The minimum atomic E-state index is 0. The number of nitrogens with zero attached hydrogens (tertiary/aromatic N) is 2. The number of rotatable bonds is 7. The molecule has 1 fully saturated rings. The van der Waals surface area contributed by atoms with Crippen molar-refractivity contribution in [2.75, 3.05) is 34.4 Å². The Hall–Kier alpha value is -1.71. The van der Waals surface area contributed by atoms with Gasteiger partial charge in [0, 0.05) is 39.1 Å². The molecule has 0 radical (unpaired) electrons. The van der Waals surface area contributed by atoms with Crippen molar-refractivity contribution in [3.05, 3.63) is 23.3 Å². The molecule has 7 nitrogen and oxygen atoms in total. The van der Waals surface area contributed by atoms with Gasteiger partial charge in [-0.25, -0.2) is 0 Å². The number of hydrogen-bond donors (Lipinski definition) is 2. The van der Waals surface area contributed by atoms with Crippen molar-refractivity contribution >= 4 is 35.8 Å². The van der Waals surface area contributed by atoms with E-state index < -0.39 is 0 Å². The summed E-state index contributed by atoms with van der Waals surface area (Å²) in [4.78, 5) is 19.0. The molecule has 1 aromatic carbocycles. The molecule has 0 saturated heterocycles. The molecule has 0 atom stereocenters. The van der Waals surface area contributed by atoms with Crippen LogP contribution in [0.4, 0.5) is 0 Å². The lowest BCUT2D eigenvalue weighted by Crippen LogP contribution is -2.45. The van der Waals surface area contributed by atoms with Gasteiger partial charge >= 0.3 is 0 Å². The van der Waals surface area contributed by atoms with Crippen LogP contribution in [0.3, 0.4) is 0 Å². The minimum absolute atomic E-state index is 0. The molecule has 0 unspecified atom stereocenters. The number of aliphatic imine (C=N–C) groups is 1. The van der Waals surface area contributed by atoms with Crippen molar-refractivity contribution in [1.29, 1.82) is 0 Å². The van der Waals surface area contributed by atoms with Crippen molar-refractivity contribution in [3.63, 3.8) is 0 Å². The number of halogens is 1. The van der Waals surface area contributed by atoms with E-state index in [2.05, 4.69) is 22.5 Å². The van der Waals surface area contributed by atoms with E-state index in [1.807, 2.05) is 17.0 Å². The van der Waals surface area contributed by atoms with Gasteiger partial charge in [-0.1, -0.05) is 6.92 Å². The van der Waals surface area contributed by atoms with E-state index in [1.165, 1.54) is 31.2 Å². The van der Waals surface area contributed by atoms with E-state index in [9.17, 15) is 4.79 Å². The zero-order valence-corrected chi connectivity index (χ0v) is 22.2. The predicted molar refractivity (Wildman–Crippen MR) is 139 cm³/mol. The second-order valence-corrected chi connectivity index (χ2v) is 8.74. The van der Waals surface area contributed by atoms with Crippen LogP contribution in [-0.4, -0.2) is 57.2 Å². The fourth-order valence-corrected chi connectivity index (χ4v) is 4.49. The Labute approximate surface area is 209 Å². The van der Waals surface area contributed by atoms with Crippen LogP contribution >= 0.6 is 24.0 Å². The fraction of sp³-hybridized carbons (Fsp3) is 0.667. The van der Waals surface area contributed by atoms with Crippen molar-refractivity contribution < 1.29 is 14.3 Å². The summed E-state index contributed by atoms with van der Waals surface area (Å²) >= 11 is 0. The van der Waals surface area contributed by atoms with Crippen LogP contribution in [0, 0.1) is 5.92 Å². The third-order valence-corrected chi connectivity index (χ3v) is 6.51. The van der Waals surface area contributed by atoms with E-state index in [0.717, 1.165) is 49.1 Å². The van der Waals surface area contributed by atoms with Gasteiger partial charge in [0.05, 0.1) is 14.2 Å². The highest BCUT2D eigenvalue weighted by Crippen LogP contribution is 2.33. The zero-order chi connectivity index (χ0) is 22.2. The predicted octanol–water partition coefficient (Wildman–Crippen LogP) is 3.73. The molecule has 8 heteroatoms. The van der Waals surface area contributed by atoms with Gasteiger partial charge in [0.15, 0.2) is 17.5 Å². The van der Waals surface area contributed by atoms with E-state index in [4.69, 9.17) is 9.47 Å². The first kappa shape index (κ1) is 26.5. The molecule has 1 aliphatic heterocycles. The van der Waals surface area contributed by atoms with Gasteiger partial charge in [-0.2, -0.15) is 0 Å². The maximum Gasteiger partial charge on any atom is 0.222 e. The van der Waals surface area contributed by atoms with Gasteiger partial charge in [0.25, 0.3) is 0 Å². The molecule has 3 rings (SSSR count). The van der Waals surface area contributed by atoms with Crippen LogP contribution in [0.5, 0.6) is 11.5 Å². The number of guanidine groups is 1. The summed E-state index contributed by atoms with van der Waals surface area (Å²) in [5, 5.41) is 6.90. The van der Waals surface area contributed by atoms with Crippen LogP contribution in [0.15, 0.2) is 17.1 Å². The van der Waals surface area contributed by atoms with Crippen LogP contribution in [0.1, 0.15) is 56.6 Å². The molecular weight excluding hydrogens is 519 g/mol. The van der Waals surface area contributed by atoms with Crippen LogP contribution in [0.2, 0.25) is 0 Å². The largest absolute Gasteiger partial charge is 0.493 e. The van der Waals surface area contributed by atoms with Gasteiger partial charge in [-0.05, 0) is 67.7 Å². The molecule has 1 aromatic rings. The molecule has 180 valence electrons. The normalized spacial score (nSPS) is 20.6.